The van der Waals surface area contributed by atoms with Crippen LogP contribution < -0.4 is 4.74 Å². The highest BCUT2D eigenvalue weighted by atomic mass is 16.5. The number of imidazole rings is 1. The van der Waals surface area contributed by atoms with Crippen LogP contribution in [0.1, 0.15) is 22.6 Å². The van der Waals surface area contributed by atoms with Gasteiger partial charge in [-0.1, -0.05) is 12.1 Å². The van der Waals surface area contributed by atoms with Gasteiger partial charge in [-0.05, 0) is 49.4 Å². The van der Waals surface area contributed by atoms with Crippen LogP contribution in [0.15, 0.2) is 48.5 Å². The van der Waals surface area contributed by atoms with Gasteiger partial charge in [-0.15, -0.1) is 0 Å². The van der Waals surface area contributed by atoms with Crippen molar-refractivity contribution in [3.63, 3.8) is 0 Å². The zero-order chi connectivity index (χ0) is 20.2. The average Bonchev–Trinajstić information content (AvgIpc) is 2.92. The molecule has 3 aromatic rings. The molecule has 0 radical (unpaired) electrons. The Morgan fingerprint density at radius 2 is 1.83 bits per heavy atom. The van der Waals surface area contributed by atoms with Gasteiger partial charge < -0.3 is 19.1 Å². The lowest BCUT2D eigenvalue weighted by molar-refractivity contribution is 0.0761. The van der Waals surface area contributed by atoms with Gasteiger partial charge in [0.2, 0.25) is 0 Å². The first-order valence-corrected chi connectivity index (χ1v) is 10.2. The Hall–Kier alpha value is -2.86. The minimum atomic E-state index is 0.102. The van der Waals surface area contributed by atoms with E-state index < -0.39 is 0 Å². The molecule has 1 aliphatic heterocycles. The van der Waals surface area contributed by atoms with Gasteiger partial charge in [0.25, 0.3) is 5.91 Å². The number of ether oxygens (including phenoxy) is 1. The third kappa shape index (κ3) is 4.27. The molecule has 1 amide bonds. The maximum atomic E-state index is 12.8. The van der Waals surface area contributed by atoms with Gasteiger partial charge >= 0.3 is 0 Å². The molecule has 4 rings (SSSR count). The molecule has 0 unspecified atom stereocenters. The molecule has 1 aromatic heterocycles. The Balaban J connectivity index is 1.34. The van der Waals surface area contributed by atoms with Crippen LogP contribution in [0, 0.1) is 0 Å². The summed E-state index contributed by atoms with van der Waals surface area (Å²) in [5.41, 5.74) is 2.95. The van der Waals surface area contributed by atoms with E-state index in [-0.39, 0.29) is 5.91 Å². The number of carbonyl (C=O) groups is 1. The Bertz CT molecular complexity index is 980. The fourth-order valence-electron chi connectivity index (χ4n) is 3.99. The Kier molecular flexibility index (Phi) is 5.81. The number of hydrogen-bond acceptors (Lipinski definition) is 4. The Labute approximate surface area is 171 Å². The van der Waals surface area contributed by atoms with Crippen LogP contribution >= 0.6 is 0 Å². The lowest BCUT2D eigenvalue weighted by Gasteiger charge is -2.22. The van der Waals surface area contributed by atoms with Gasteiger partial charge in [0, 0.05) is 45.2 Å². The van der Waals surface area contributed by atoms with E-state index in [9.17, 15) is 4.79 Å². The van der Waals surface area contributed by atoms with Gasteiger partial charge in [0.05, 0.1) is 18.1 Å². The summed E-state index contributed by atoms with van der Waals surface area (Å²) < 4.78 is 7.37. The molecule has 1 aliphatic rings. The van der Waals surface area contributed by atoms with Crippen molar-refractivity contribution in [3.8, 4) is 5.75 Å². The molecular weight excluding hydrogens is 364 g/mol. The molecule has 2 heterocycles. The van der Waals surface area contributed by atoms with Crippen molar-refractivity contribution < 1.29 is 9.53 Å². The number of amides is 1. The van der Waals surface area contributed by atoms with E-state index in [2.05, 4.69) is 34.7 Å². The second-order valence-corrected chi connectivity index (χ2v) is 7.54. The average molecular weight is 393 g/mol. The van der Waals surface area contributed by atoms with Crippen LogP contribution in [0.3, 0.4) is 0 Å². The normalized spacial score (nSPS) is 15.4. The molecule has 0 saturated carbocycles. The third-order valence-corrected chi connectivity index (χ3v) is 5.74. The minimum absolute atomic E-state index is 0.102. The summed E-state index contributed by atoms with van der Waals surface area (Å²) in [7, 11) is 3.72. The smallest absolute Gasteiger partial charge is 0.253 e. The van der Waals surface area contributed by atoms with Crippen LogP contribution in [-0.2, 0) is 13.5 Å². The maximum Gasteiger partial charge on any atom is 0.253 e. The molecule has 0 N–H and O–H groups in total. The van der Waals surface area contributed by atoms with Crippen LogP contribution in [0.4, 0.5) is 0 Å². The number of fused-ring (bicyclic) bond motifs is 1. The minimum Gasteiger partial charge on any atom is -0.497 e. The van der Waals surface area contributed by atoms with E-state index in [4.69, 9.17) is 9.72 Å². The number of para-hydroxylation sites is 2. The first-order valence-electron chi connectivity index (χ1n) is 10.2. The van der Waals surface area contributed by atoms with Crippen LogP contribution in [0.2, 0.25) is 0 Å². The summed E-state index contributed by atoms with van der Waals surface area (Å²) in [6.45, 7) is 4.42. The molecule has 6 heteroatoms. The lowest BCUT2D eigenvalue weighted by Crippen LogP contribution is -2.35. The van der Waals surface area contributed by atoms with Gasteiger partial charge in [-0.3, -0.25) is 4.79 Å². The SMILES string of the molecule is COc1ccc(C(=O)N2CCCN(CCc3nc4ccccc4n3C)CC2)cc1. The highest BCUT2D eigenvalue weighted by molar-refractivity contribution is 5.94. The monoisotopic (exact) mass is 392 g/mol. The van der Waals surface area contributed by atoms with Crippen LogP contribution in [0.25, 0.3) is 11.0 Å². The first kappa shape index (κ1) is 19.5. The largest absolute Gasteiger partial charge is 0.497 e. The van der Waals surface area contributed by atoms with Crippen molar-refractivity contribution in [1.29, 1.82) is 0 Å². The molecule has 152 valence electrons. The van der Waals surface area contributed by atoms with Gasteiger partial charge in [-0.2, -0.15) is 0 Å². The molecule has 6 nitrogen and oxygen atoms in total. The first-order chi connectivity index (χ1) is 14.2. The standard InChI is InChI=1S/C23H28N4O2/c1-25-21-7-4-3-6-20(21)24-22(25)12-15-26-13-5-14-27(17-16-26)23(28)18-8-10-19(29-2)11-9-18/h3-4,6-11H,5,12-17H2,1-2H3. The number of carbonyl (C=O) groups excluding carboxylic acids is 1. The zero-order valence-corrected chi connectivity index (χ0v) is 17.2. The summed E-state index contributed by atoms with van der Waals surface area (Å²) in [4.78, 5) is 22.0. The summed E-state index contributed by atoms with van der Waals surface area (Å²) in [5.74, 6) is 1.98. The summed E-state index contributed by atoms with van der Waals surface area (Å²) in [6, 6.07) is 15.6. The summed E-state index contributed by atoms with van der Waals surface area (Å²) in [5, 5.41) is 0. The molecule has 0 bridgehead atoms. The second kappa shape index (κ2) is 8.66. The van der Waals surface area contributed by atoms with Crippen molar-refractivity contribution >= 4 is 16.9 Å². The number of nitrogens with zero attached hydrogens (tertiary/aromatic N) is 4. The van der Waals surface area contributed by atoms with Crippen molar-refractivity contribution in [1.82, 2.24) is 19.4 Å². The predicted octanol–water partition coefficient (Wildman–Crippen LogP) is 2.97. The summed E-state index contributed by atoms with van der Waals surface area (Å²) >= 11 is 0. The molecule has 0 aliphatic carbocycles. The van der Waals surface area contributed by atoms with E-state index >= 15 is 0 Å². The molecule has 0 atom stereocenters. The second-order valence-electron chi connectivity index (χ2n) is 7.54. The predicted molar refractivity (Wildman–Crippen MR) is 114 cm³/mol. The van der Waals surface area contributed by atoms with E-state index in [0.29, 0.717) is 0 Å². The van der Waals surface area contributed by atoms with Crippen molar-refractivity contribution in [2.45, 2.75) is 12.8 Å². The number of methoxy groups -OCH3 is 1. The van der Waals surface area contributed by atoms with Gasteiger partial charge in [0.1, 0.15) is 11.6 Å². The number of benzene rings is 2. The summed E-state index contributed by atoms with van der Waals surface area (Å²) in [6.07, 6.45) is 1.90. The van der Waals surface area contributed by atoms with E-state index in [1.54, 1.807) is 7.11 Å². The molecule has 1 fully saturated rings. The number of rotatable bonds is 5. The molecular formula is C23H28N4O2. The van der Waals surface area contributed by atoms with Gasteiger partial charge in [-0.25, -0.2) is 4.98 Å². The van der Waals surface area contributed by atoms with Crippen molar-refractivity contribution in [2.24, 2.45) is 7.05 Å². The maximum absolute atomic E-state index is 12.8. The molecule has 0 spiro atoms. The lowest BCUT2D eigenvalue weighted by atomic mass is 10.2. The fourth-order valence-corrected chi connectivity index (χ4v) is 3.99. The van der Waals surface area contributed by atoms with Crippen LogP contribution in [0.5, 0.6) is 5.75 Å². The quantitative estimate of drug-likeness (QED) is 0.670. The van der Waals surface area contributed by atoms with E-state index in [1.807, 2.05) is 35.2 Å². The number of aromatic nitrogens is 2. The Morgan fingerprint density at radius 1 is 1.03 bits per heavy atom. The number of aryl methyl sites for hydroxylation is 1. The topological polar surface area (TPSA) is 50.6 Å². The number of hydrogen-bond donors (Lipinski definition) is 0. The zero-order valence-electron chi connectivity index (χ0n) is 17.2. The van der Waals surface area contributed by atoms with Gasteiger partial charge in [0.15, 0.2) is 0 Å². The third-order valence-electron chi connectivity index (χ3n) is 5.74. The molecule has 29 heavy (non-hydrogen) atoms. The van der Waals surface area contributed by atoms with E-state index in [0.717, 1.165) is 68.2 Å². The van der Waals surface area contributed by atoms with Crippen molar-refractivity contribution in [3.05, 3.63) is 59.9 Å². The van der Waals surface area contributed by atoms with E-state index in [1.165, 1.54) is 5.52 Å². The molecule has 1 saturated heterocycles. The highest BCUT2D eigenvalue weighted by Gasteiger charge is 2.20. The molecule has 2 aromatic carbocycles. The van der Waals surface area contributed by atoms with Crippen LogP contribution in [-0.4, -0.2) is 65.1 Å². The Morgan fingerprint density at radius 3 is 2.59 bits per heavy atom. The fraction of sp³-hybridized carbons (Fsp3) is 0.391. The highest BCUT2D eigenvalue weighted by Crippen LogP contribution is 2.16. The van der Waals surface area contributed by atoms with Crippen molar-refractivity contribution in [2.75, 3.05) is 39.8 Å².